The minimum absolute atomic E-state index is 0.192. The van der Waals surface area contributed by atoms with E-state index in [1.807, 2.05) is 0 Å². The van der Waals surface area contributed by atoms with Gasteiger partial charge in [-0.05, 0) is 6.42 Å². The van der Waals surface area contributed by atoms with E-state index in [2.05, 4.69) is 16.9 Å². The van der Waals surface area contributed by atoms with E-state index in [9.17, 15) is 4.79 Å². The van der Waals surface area contributed by atoms with E-state index < -0.39 is 5.91 Å². The molecule has 0 aromatic carbocycles. The van der Waals surface area contributed by atoms with Gasteiger partial charge >= 0.3 is 0 Å². The number of hydrogen-bond donors (Lipinski definition) is 2. The van der Waals surface area contributed by atoms with Crippen molar-refractivity contribution in [3.63, 3.8) is 0 Å². The van der Waals surface area contributed by atoms with Gasteiger partial charge in [0.2, 0.25) is 0 Å². The van der Waals surface area contributed by atoms with Gasteiger partial charge in [0, 0.05) is 19.0 Å². The molecule has 0 aliphatic heterocycles. The lowest BCUT2D eigenvalue weighted by Gasteiger charge is -1.96. The van der Waals surface area contributed by atoms with Crippen LogP contribution < -0.4 is 11.5 Å². The minimum Gasteiger partial charge on any atom is -0.367 e. The molecule has 96 valence electrons. The SMILES string of the molecule is CCCCCOCN.NC(=O)c1cnccn1. The van der Waals surface area contributed by atoms with E-state index in [-0.39, 0.29) is 5.69 Å². The zero-order chi connectivity index (χ0) is 12.9. The van der Waals surface area contributed by atoms with Gasteiger partial charge in [-0.15, -0.1) is 0 Å². The Bertz CT molecular complexity index is 287. The number of carbonyl (C=O) groups is 1. The van der Waals surface area contributed by atoms with Crippen molar-refractivity contribution in [2.45, 2.75) is 26.2 Å². The first-order valence-electron chi connectivity index (χ1n) is 5.56. The maximum Gasteiger partial charge on any atom is 0.268 e. The van der Waals surface area contributed by atoms with Crippen LogP contribution in [0.15, 0.2) is 18.6 Å². The van der Waals surface area contributed by atoms with E-state index in [4.69, 9.17) is 16.2 Å². The number of primary amides is 1. The molecule has 1 amide bonds. The highest BCUT2D eigenvalue weighted by Gasteiger charge is 1.97. The van der Waals surface area contributed by atoms with E-state index in [0.29, 0.717) is 6.73 Å². The van der Waals surface area contributed by atoms with Gasteiger partial charge < -0.3 is 16.2 Å². The highest BCUT2D eigenvalue weighted by Crippen LogP contribution is 1.92. The molecule has 0 saturated heterocycles. The maximum absolute atomic E-state index is 10.3. The summed E-state index contributed by atoms with van der Waals surface area (Å²) in [6, 6.07) is 0. The summed E-state index contributed by atoms with van der Waals surface area (Å²) in [5.74, 6) is -0.553. The van der Waals surface area contributed by atoms with Crippen LogP contribution in [0.5, 0.6) is 0 Å². The molecule has 0 fully saturated rings. The number of nitrogens with two attached hydrogens (primary N) is 2. The quantitative estimate of drug-likeness (QED) is 0.562. The summed E-state index contributed by atoms with van der Waals surface area (Å²) in [6.07, 6.45) is 7.86. The molecule has 0 spiro atoms. The fourth-order valence-corrected chi connectivity index (χ4v) is 0.964. The Hall–Kier alpha value is -1.53. The summed E-state index contributed by atoms with van der Waals surface area (Å²) < 4.78 is 4.91. The average molecular weight is 240 g/mol. The average Bonchev–Trinajstić information content (AvgIpc) is 2.37. The summed E-state index contributed by atoms with van der Waals surface area (Å²) in [5, 5.41) is 0. The second kappa shape index (κ2) is 11.0. The molecule has 17 heavy (non-hydrogen) atoms. The van der Waals surface area contributed by atoms with Crippen molar-refractivity contribution in [2.75, 3.05) is 13.3 Å². The van der Waals surface area contributed by atoms with Crippen LogP contribution in [0.1, 0.15) is 36.7 Å². The lowest BCUT2D eigenvalue weighted by molar-refractivity contribution is 0.0995. The minimum atomic E-state index is -0.553. The number of rotatable bonds is 6. The Morgan fingerprint density at radius 2 is 2.18 bits per heavy atom. The molecule has 0 saturated carbocycles. The first-order chi connectivity index (χ1) is 8.22. The number of aromatic nitrogens is 2. The van der Waals surface area contributed by atoms with Crippen LogP contribution >= 0.6 is 0 Å². The smallest absolute Gasteiger partial charge is 0.268 e. The second-order valence-corrected chi connectivity index (χ2v) is 3.24. The van der Waals surface area contributed by atoms with Gasteiger partial charge in [-0.25, -0.2) is 4.98 Å². The molecule has 0 atom stereocenters. The van der Waals surface area contributed by atoms with E-state index in [1.165, 1.54) is 31.4 Å². The van der Waals surface area contributed by atoms with Crippen molar-refractivity contribution < 1.29 is 9.53 Å². The zero-order valence-electron chi connectivity index (χ0n) is 10.1. The fourth-order valence-electron chi connectivity index (χ4n) is 0.964. The molecule has 0 aliphatic rings. The van der Waals surface area contributed by atoms with Crippen LogP contribution in [-0.4, -0.2) is 29.2 Å². The van der Waals surface area contributed by atoms with Crippen molar-refractivity contribution >= 4 is 5.91 Å². The molecular weight excluding hydrogens is 220 g/mol. The van der Waals surface area contributed by atoms with Crippen molar-refractivity contribution in [3.05, 3.63) is 24.3 Å². The summed E-state index contributed by atoms with van der Waals surface area (Å²) in [6.45, 7) is 3.36. The first-order valence-corrected chi connectivity index (χ1v) is 5.56. The Morgan fingerprint density at radius 1 is 1.41 bits per heavy atom. The maximum atomic E-state index is 10.3. The summed E-state index contributed by atoms with van der Waals surface area (Å²) in [7, 11) is 0. The van der Waals surface area contributed by atoms with E-state index in [0.717, 1.165) is 13.0 Å². The number of amides is 1. The fraction of sp³-hybridized carbons (Fsp3) is 0.545. The molecule has 1 heterocycles. The zero-order valence-corrected chi connectivity index (χ0v) is 10.1. The lowest BCUT2D eigenvalue weighted by atomic mass is 10.3. The van der Waals surface area contributed by atoms with E-state index in [1.54, 1.807) is 0 Å². The van der Waals surface area contributed by atoms with Crippen LogP contribution in [0, 0.1) is 0 Å². The molecule has 0 radical (unpaired) electrons. The van der Waals surface area contributed by atoms with Gasteiger partial charge in [0.15, 0.2) is 0 Å². The number of nitrogens with zero attached hydrogens (tertiary/aromatic N) is 2. The third kappa shape index (κ3) is 9.40. The summed E-state index contributed by atoms with van der Waals surface area (Å²) in [4.78, 5) is 17.6. The molecule has 1 rings (SSSR count). The third-order valence-electron chi connectivity index (χ3n) is 1.83. The molecule has 6 nitrogen and oxygen atoms in total. The number of carbonyl (C=O) groups excluding carboxylic acids is 1. The topological polar surface area (TPSA) is 104 Å². The Morgan fingerprint density at radius 3 is 2.59 bits per heavy atom. The molecule has 0 unspecified atom stereocenters. The van der Waals surface area contributed by atoms with Crippen molar-refractivity contribution in [1.82, 2.24) is 9.97 Å². The van der Waals surface area contributed by atoms with E-state index >= 15 is 0 Å². The van der Waals surface area contributed by atoms with Gasteiger partial charge in [-0.2, -0.15) is 0 Å². The third-order valence-corrected chi connectivity index (χ3v) is 1.83. The van der Waals surface area contributed by atoms with Crippen molar-refractivity contribution in [1.29, 1.82) is 0 Å². The standard InChI is InChI=1S/C6H15NO.C5H5N3O/c1-2-3-4-5-8-6-7;6-5(9)4-3-7-1-2-8-4/h2-7H2,1H3;1-3H,(H2,6,9). The Balaban J connectivity index is 0.000000304. The van der Waals surface area contributed by atoms with Crippen LogP contribution in [0.3, 0.4) is 0 Å². The number of hydrogen-bond acceptors (Lipinski definition) is 5. The molecular formula is C11H20N4O2. The van der Waals surface area contributed by atoms with Crippen LogP contribution in [0.25, 0.3) is 0 Å². The molecule has 0 bridgehead atoms. The summed E-state index contributed by atoms with van der Waals surface area (Å²) in [5.41, 5.74) is 10.2. The molecule has 6 heteroatoms. The predicted octanol–water partition coefficient (Wildman–Crippen LogP) is 0.685. The molecule has 1 aromatic rings. The molecule has 4 N–H and O–H groups in total. The lowest BCUT2D eigenvalue weighted by Crippen LogP contribution is -2.12. The number of ether oxygens (including phenoxy) is 1. The van der Waals surface area contributed by atoms with Crippen LogP contribution in [0.4, 0.5) is 0 Å². The highest BCUT2D eigenvalue weighted by molar-refractivity contribution is 5.90. The monoisotopic (exact) mass is 240 g/mol. The first kappa shape index (κ1) is 15.5. The van der Waals surface area contributed by atoms with Crippen molar-refractivity contribution in [2.24, 2.45) is 11.5 Å². The molecule has 0 aliphatic carbocycles. The largest absolute Gasteiger partial charge is 0.367 e. The van der Waals surface area contributed by atoms with Gasteiger partial charge in [0.25, 0.3) is 5.91 Å². The van der Waals surface area contributed by atoms with Gasteiger partial charge in [-0.3, -0.25) is 9.78 Å². The van der Waals surface area contributed by atoms with Gasteiger partial charge in [0.1, 0.15) is 5.69 Å². The van der Waals surface area contributed by atoms with Gasteiger partial charge in [-0.1, -0.05) is 19.8 Å². The second-order valence-electron chi connectivity index (χ2n) is 3.24. The molecule has 1 aromatic heterocycles. The normalized spacial score (nSPS) is 9.29. The number of unbranched alkanes of at least 4 members (excludes halogenated alkanes) is 2. The Labute approximate surface area is 101 Å². The van der Waals surface area contributed by atoms with Crippen molar-refractivity contribution in [3.8, 4) is 0 Å². The highest BCUT2D eigenvalue weighted by atomic mass is 16.5. The Kier molecular flexibility index (Phi) is 9.98. The summed E-state index contributed by atoms with van der Waals surface area (Å²) >= 11 is 0. The predicted molar refractivity (Wildman–Crippen MR) is 65.1 cm³/mol. The van der Waals surface area contributed by atoms with Crippen LogP contribution in [-0.2, 0) is 4.74 Å². The van der Waals surface area contributed by atoms with Gasteiger partial charge in [0.05, 0.1) is 12.9 Å². The van der Waals surface area contributed by atoms with Crippen LogP contribution in [0.2, 0.25) is 0 Å².